The summed E-state index contributed by atoms with van der Waals surface area (Å²) in [6.45, 7) is 10.6. The molecule has 20 heavy (non-hydrogen) atoms. The molecule has 0 saturated carbocycles. The summed E-state index contributed by atoms with van der Waals surface area (Å²) in [5.41, 5.74) is 0.544. The highest BCUT2D eigenvalue weighted by atomic mass is 16.6. The molecule has 0 saturated heterocycles. The van der Waals surface area contributed by atoms with Crippen molar-refractivity contribution in [2.75, 3.05) is 19.7 Å². The third kappa shape index (κ3) is 4.87. The fourth-order valence-electron chi connectivity index (χ4n) is 1.99. The summed E-state index contributed by atoms with van der Waals surface area (Å²) in [6, 6.07) is 0. The Labute approximate surface area is 120 Å². The van der Waals surface area contributed by atoms with E-state index >= 15 is 0 Å². The van der Waals surface area contributed by atoms with Crippen LogP contribution in [0.4, 0.5) is 4.79 Å². The average molecular weight is 283 g/mol. The van der Waals surface area contributed by atoms with Gasteiger partial charge in [0.25, 0.3) is 0 Å². The Hall–Kier alpha value is -1.52. The number of esters is 1. The summed E-state index contributed by atoms with van der Waals surface area (Å²) in [6.07, 6.45) is 2.30. The zero-order valence-electron chi connectivity index (χ0n) is 13.1. The Morgan fingerprint density at radius 2 is 2.05 bits per heavy atom. The minimum atomic E-state index is -0.487. The monoisotopic (exact) mass is 283 g/mol. The van der Waals surface area contributed by atoms with Crippen LogP contribution in [0, 0.1) is 5.92 Å². The lowest BCUT2D eigenvalue weighted by atomic mass is 9.95. The Morgan fingerprint density at radius 3 is 2.50 bits per heavy atom. The van der Waals surface area contributed by atoms with Crippen molar-refractivity contribution in [1.82, 2.24) is 4.90 Å². The highest BCUT2D eigenvalue weighted by molar-refractivity contribution is 5.75. The Kier molecular flexibility index (Phi) is 5.60. The van der Waals surface area contributed by atoms with Crippen LogP contribution in [0.15, 0.2) is 11.6 Å². The molecule has 1 atom stereocenters. The summed E-state index contributed by atoms with van der Waals surface area (Å²) in [4.78, 5) is 25.2. The Balaban J connectivity index is 2.56. The van der Waals surface area contributed by atoms with Crippen LogP contribution >= 0.6 is 0 Å². The van der Waals surface area contributed by atoms with Gasteiger partial charge in [-0.15, -0.1) is 0 Å². The zero-order valence-corrected chi connectivity index (χ0v) is 13.1. The number of hydrogen-bond acceptors (Lipinski definition) is 4. The summed E-state index contributed by atoms with van der Waals surface area (Å²) < 4.78 is 10.3. The summed E-state index contributed by atoms with van der Waals surface area (Å²) in [5.74, 6) is -0.444. The standard InChI is InChI=1S/C15H25NO4/c1-6-19-13(17)11(2)12-7-9-16(10-8-12)14(18)20-15(3,4)5/h7,11H,6,8-10H2,1-5H3. The molecule has 1 aliphatic heterocycles. The van der Waals surface area contributed by atoms with E-state index in [2.05, 4.69) is 0 Å². The SMILES string of the molecule is CCOC(=O)C(C)C1=CCN(C(=O)OC(C)(C)C)CC1. The molecule has 0 bridgehead atoms. The highest BCUT2D eigenvalue weighted by Gasteiger charge is 2.26. The largest absolute Gasteiger partial charge is 0.466 e. The number of hydrogen-bond donors (Lipinski definition) is 0. The van der Waals surface area contributed by atoms with Crippen molar-refractivity contribution in [3.05, 3.63) is 11.6 Å². The van der Waals surface area contributed by atoms with Gasteiger partial charge in [-0.3, -0.25) is 4.79 Å². The van der Waals surface area contributed by atoms with Crippen molar-refractivity contribution in [1.29, 1.82) is 0 Å². The van der Waals surface area contributed by atoms with Crippen LogP contribution in [-0.2, 0) is 14.3 Å². The lowest BCUT2D eigenvalue weighted by Crippen LogP contribution is -2.40. The molecule has 114 valence electrons. The zero-order chi connectivity index (χ0) is 15.3. The van der Waals surface area contributed by atoms with Gasteiger partial charge in [0.15, 0.2) is 0 Å². The molecule has 1 amide bonds. The predicted octanol–water partition coefficient (Wildman–Crippen LogP) is 2.75. The van der Waals surface area contributed by atoms with E-state index in [1.807, 2.05) is 33.8 Å². The van der Waals surface area contributed by atoms with E-state index in [-0.39, 0.29) is 18.0 Å². The fourth-order valence-corrected chi connectivity index (χ4v) is 1.99. The number of carbonyl (C=O) groups excluding carboxylic acids is 2. The molecule has 0 spiro atoms. The molecule has 0 aromatic carbocycles. The van der Waals surface area contributed by atoms with Crippen LogP contribution in [-0.4, -0.2) is 42.3 Å². The summed E-state index contributed by atoms with van der Waals surface area (Å²) in [5, 5.41) is 0. The van der Waals surface area contributed by atoms with Crippen LogP contribution < -0.4 is 0 Å². The number of amides is 1. The lowest BCUT2D eigenvalue weighted by Gasteiger charge is -2.30. The number of rotatable bonds is 3. The first-order chi connectivity index (χ1) is 9.24. The molecule has 0 aliphatic carbocycles. The van der Waals surface area contributed by atoms with Crippen molar-refractivity contribution in [2.24, 2.45) is 5.92 Å². The molecule has 5 heteroatoms. The topological polar surface area (TPSA) is 55.8 Å². The molecule has 1 rings (SSSR count). The molecule has 0 aromatic heterocycles. The number of nitrogens with zero attached hydrogens (tertiary/aromatic N) is 1. The molecule has 0 radical (unpaired) electrons. The average Bonchev–Trinajstić information content (AvgIpc) is 2.36. The Bertz CT molecular complexity index is 395. The molecule has 1 unspecified atom stereocenters. The quantitative estimate of drug-likeness (QED) is 0.590. The molecular formula is C15H25NO4. The maximum Gasteiger partial charge on any atom is 0.410 e. The maximum atomic E-state index is 11.9. The second kappa shape index (κ2) is 6.77. The van der Waals surface area contributed by atoms with Gasteiger partial charge < -0.3 is 14.4 Å². The third-order valence-electron chi connectivity index (χ3n) is 3.09. The lowest BCUT2D eigenvalue weighted by molar-refractivity contribution is -0.146. The van der Waals surface area contributed by atoms with Crippen molar-refractivity contribution in [2.45, 2.75) is 46.6 Å². The molecule has 1 aliphatic rings. The normalized spacial score (nSPS) is 17.2. The fraction of sp³-hybridized carbons (Fsp3) is 0.733. The molecule has 0 aromatic rings. The minimum Gasteiger partial charge on any atom is -0.466 e. The number of carbonyl (C=O) groups is 2. The van der Waals surface area contributed by atoms with Crippen molar-refractivity contribution in [3.8, 4) is 0 Å². The second-order valence-corrected chi connectivity index (χ2v) is 5.93. The summed E-state index contributed by atoms with van der Waals surface area (Å²) >= 11 is 0. The van der Waals surface area contributed by atoms with Gasteiger partial charge in [-0.25, -0.2) is 4.79 Å². The predicted molar refractivity (Wildman–Crippen MR) is 76.3 cm³/mol. The first-order valence-corrected chi connectivity index (χ1v) is 7.08. The van der Waals surface area contributed by atoms with Gasteiger partial charge in [0.05, 0.1) is 12.5 Å². The smallest absolute Gasteiger partial charge is 0.410 e. The van der Waals surface area contributed by atoms with Crippen LogP contribution in [0.25, 0.3) is 0 Å². The van der Waals surface area contributed by atoms with Crippen LogP contribution in [0.5, 0.6) is 0 Å². The van der Waals surface area contributed by atoms with Gasteiger partial charge in [0.1, 0.15) is 5.60 Å². The van der Waals surface area contributed by atoms with Gasteiger partial charge in [-0.1, -0.05) is 11.6 Å². The van der Waals surface area contributed by atoms with Gasteiger partial charge in [-0.2, -0.15) is 0 Å². The molecule has 1 heterocycles. The van der Waals surface area contributed by atoms with Crippen LogP contribution in [0.1, 0.15) is 41.0 Å². The second-order valence-electron chi connectivity index (χ2n) is 5.93. The van der Waals surface area contributed by atoms with Crippen LogP contribution in [0.2, 0.25) is 0 Å². The molecule has 5 nitrogen and oxygen atoms in total. The minimum absolute atomic E-state index is 0.204. The van der Waals surface area contributed by atoms with Crippen LogP contribution in [0.3, 0.4) is 0 Å². The van der Waals surface area contributed by atoms with E-state index < -0.39 is 5.60 Å². The Morgan fingerprint density at radius 1 is 1.40 bits per heavy atom. The van der Waals surface area contributed by atoms with Crippen molar-refractivity contribution in [3.63, 3.8) is 0 Å². The molecule has 0 fully saturated rings. The van der Waals surface area contributed by atoms with Crippen molar-refractivity contribution >= 4 is 12.1 Å². The van der Waals surface area contributed by atoms with E-state index in [0.717, 1.165) is 5.57 Å². The van der Waals surface area contributed by atoms with Gasteiger partial charge in [-0.05, 0) is 41.0 Å². The van der Waals surface area contributed by atoms with E-state index in [9.17, 15) is 9.59 Å². The van der Waals surface area contributed by atoms with E-state index in [4.69, 9.17) is 9.47 Å². The van der Waals surface area contributed by atoms with E-state index in [1.54, 1.807) is 11.8 Å². The third-order valence-corrected chi connectivity index (χ3v) is 3.09. The van der Waals surface area contributed by atoms with Gasteiger partial charge in [0.2, 0.25) is 0 Å². The van der Waals surface area contributed by atoms with Gasteiger partial charge in [0, 0.05) is 13.1 Å². The maximum absolute atomic E-state index is 11.9. The first kappa shape index (κ1) is 16.5. The van der Waals surface area contributed by atoms with Gasteiger partial charge >= 0.3 is 12.1 Å². The van der Waals surface area contributed by atoms with E-state index in [1.165, 1.54) is 0 Å². The van der Waals surface area contributed by atoms with Crippen molar-refractivity contribution < 1.29 is 19.1 Å². The van der Waals surface area contributed by atoms with E-state index in [0.29, 0.717) is 26.1 Å². The summed E-state index contributed by atoms with van der Waals surface area (Å²) in [7, 11) is 0. The highest BCUT2D eigenvalue weighted by Crippen LogP contribution is 2.22. The molecular weight excluding hydrogens is 258 g/mol. The molecule has 0 N–H and O–H groups in total. The first-order valence-electron chi connectivity index (χ1n) is 7.08. The number of ether oxygens (including phenoxy) is 2.